The van der Waals surface area contributed by atoms with Crippen LogP contribution in [0.2, 0.25) is 0 Å². The number of hydrogen-bond acceptors (Lipinski definition) is 3. The van der Waals surface area contributed by atoms with Gasteiger partial charge in [-0.1, -0.05) is 13.8 Å². The smallest absolute Gasteiger partial charge is 0.177 e. The van der Waals surface area contributed by atoms with Crippen LogP contribution in [0.4, 0.5) is 0 Å². The van der Waals surface area contributed by atoms with E-state index < -0.39 is 0 Å². The first-order valence-corrected chi connectivity index (χ1v) is 7.63. The fourth-order valence-electron chi connectivity index (χ4n) is 2.43. The van der Waals surface area contributed by atoms with Gasteiger partial charge in [-0.15, -0.1) is 11.3 Å². The van der Waals surface area contributed by atoms with E-state index in [1.165, 1.54) is 17.7 Å². The summed E-state index contributed by atoms with van der Waals surface area (Å²) in [4.78, 5) is 17.1. The second-order valence-corrected chi connectivity index (χ2v) is 7.26. The van der Waals surface area contributed by atoms with Gasteiger partial charge in [-0.3, -0.25) is 9.69 Å². The number of rotatable bonds is 6. The Morgan fingerprint density at radius 2 is 2.11 bits per heavy atom. The SMILES string of the molecule is Cc1cc(C(=O)CN(CC(C)C)C2CC2)c(C)s1. The molecule has 0 aliphatic heterocycles. The third kappa shape index (κ3) is 3.42. The van der Waals surface area contributed by atoms with Crippen molar-refractivity contribution in [2.75, 3.05) is 13.1 Å². The molecule has 1 fully saturated rings. The standard InChI is InChI=1S/C15H23NOS/c1-10(2)8-16(13-5-6-13)9-15(17)14-7-11(3)18-12(14)4/h7,10,13H,5-6,8-9H2,1-4H3. The first kappa shape index (κ1) is 13.8. The van der Waals surface area contributed by atoms with Gasteiger partial charge < -0.3 is 0 Å². The van der Waals surface area contributed by atoms with Crippen LogP contribution in [0.3, 0.4) is 0 Å². The number of carbonyl (C=O) groups is 1. The summed E-state index contributed by atoms with van der Waals surface area (Å²) in [6.07, 6.45) is 2.53. The minimum atomic E-state index is 0.296. The highest BCUT2D eigenvalue weighted by atomic mass is 32.1. The summed E-state index contributed by atoms with van der Waals surface area (Å²) in [7, 11) is 0. The molecule has 0 saturated heterocycles. The predicted molar refractivity (Wildman–Crippen MR) is 77.6 cm³/mol. The van der Waals surface area contributed by atoms with Crippen molar-refractivity contribution >= 4 is 17.1 Å². The fourth-order valence-corrected chi connectivity index (χ4v) is 3.37. The van der Waals surface area contributed by atoms with Crippen LogP contribution in [0.25, 0.3) is 0 Å². The van der Waals surface area contributed by atoms with Gasteiger partial charge in [0.2, 0.25) is 0 Å². The Kier molecular flexibility index (Phi) is 4.23. The number of Topliss-reactive ketones (excluding diaryl/α,β-unsaturated/α-hetero) is 1. The maximum absolute atomic E-state index is 12.4. The second-order valence-electron chi connectivity index (χ2n) is 5.80. The zero-order chi connectivity index (χ0) is 13.3. The molecule has 0 N–H and O–H groups in total. The molecule has 2 nitrogen and oxygen atoms in total. The molecule has 0 unspecified atom stereocenters. The molecule has 1 heterocycles. The van der Waals surface area contributed by atoms with Crippen molar-refractivity contribution in [2.45, 2.75) is 46.6 Å². The first-order valence-electron chi connectivity index (χ1n) is 6.81. The van der Waals surface area contributed by atoms with Gasteiger partial charge in [-0.2, -0.15) is 0 Å². The first-order chi connectivity index (χ1) is 8.47. The minimum Gasteiger partial charge on any atom is -0.293 e. The van der Waals surface area contributed by atoms with E-state index in [1.54, 1.807) is 11.3 Å². The van der Waals surface area contributed by atoms with Crippen molar-refractivity contribution in [3.63, 3.8) is 0 Å². The van der Waals surface area contributed by atoms with Crippen molar-refractivity contribution in [3.8, 4) is 0 Å². The Hall–Kier alpha value is -0.670. The molecule has 0 spiro atoms. The normalized spacial score (nSPS) is 15.7. The molecular formula is C15H23NOS. The zero-order valence-corrected chi connectivity index (χ0v) is 12.6. The van der Waals surface area contributed by atoms with Gasteiger partial charge in [0.05, 0.1) is 6.54 Å². The summed E-state index contributed by atoms with van der Waals surface area (Å²) < 4.78 is 0. The Morgan fingerprint density at radius 1 is 1.44 bits per heavy atom. The summed E-state index contributed by atoms with van der Waals surface area (Å²) in [6.45, 7) is 10.2. The number of aryl methyl sites for hydroxylation is 2. The van der Waals surface area contributed by atoms with Crippen LogP contribution in [0.1, 0.15) is 46.8 Å². The van der Waals surface area contributed by atoms with Crippen molar-refractivity contribution < 1.29 is 4.79 Å². The van der Waals surface area contributed by atoms with Crippen LogP contribution in [0, 0.1) is 19.8 Å². The van der Waals surface area contributed by atoms with Crippen molar-refractivity contribution in [2.24, 2.45) is 5.92 Å². The van der Waals surface area contributed by atoms with E-state index in [4.69, 9.17) is 0 Å². The van der Waals surface area contributed by atoms with Gasteiger partial charge in [0.15, 0.2) is 5.78 Å². The molecular weight excluding hydrogens is 242 g/mol. The van der Waals surface area contributed by atoms with E-state index in [2.05, 4.69) is 32.6 Å². The van der Waals surface area contributed by atoms with E-state index in [0.29, 0.717) is 24.3 Å². The van der Waals surface area contributed by atoms with E-state index in [0.717, 1.165) is 17.0 Å². The summed E-state index contributed by atoms with van der Waals surface area (Å²) in [5.41, 5.74) is 0.937. The maximum Gasteiger partial charge on any atom is 0.177 e. The van der Waals surface area contributed by atoms with Gasteiger partial charge >= 0.3 is 0 Å². The van der Waals surface area contributed by atoms with Gasteiger partial charge in [-0.25, -0.2) is 0 Å². The Labute approximate surface area is 114 Å². The third-order valence-corrected chi connectivity index (χ3v) is 4.32. The Bertz CT molecular complexity index is 432. The highest BCUT2D eigenvalue weighted by molar-refractivity contribution is 7.12. The molecule has 0 radical (unpaired) electrons. The van der Waals surface area contributed by atoms with Gasteiger partial charge in [-0.05, 0) is 38.7 Å². The number of hydrogen-bond donors (Lipinski definition) is 0. The van der Waals surface area contributed by atoms with Gasteiger partial charge in [0.1, 0.15) is 0 Å². The summed E-state index contributed by atoms with van der Waals surface area (Å²) in [6, 6.07) is 2.71. The van der Waals surface area contributed by atoms with E-state index in [9.17, 15) is 4.79 Å². The van der Waals surface area contributed by atoms with Crippen LogP contribution < -0.4 is 0 Å². The number of thiophene rings is 1. The molecule has 0 aromatic carbocycles. The van der Waals surface area contributed by atoms with E-state index >= 15 is 0 Å². The van der Waals surface area contributed by atoms with Crippen LogP contribution in [-0.2, 0) is 0 Å². The van der Waals surface area contributed by atoms with E-state index in [-0.39, 0.29) is 0 Å². The maximum atomic E-state index is 12.4. The van der Waals surface area contributed by atoms with E-state index in [1.807, 2.05) is 6.07 Å². The molecule has 0 amide bonds. The largest absolute Gasteiger partial charge is 0.293 e. The lowest BCUT2D eigenvalue weighted by Crippen LogP contribution is -2.35. The van der Waals surface area contributed by atoms with Crippen LogP contribution in [-0.4, -0.2) is 29.8 Å². The molecule has 1 aromatic heterocycles. The lowest BCUT2D eigenvalue weighted by Gasteiger charge is -2.23. The Balaban J connectivity index is 2.02. The van der Waals surface area contributed by atoms with Crippen LogP contribution in [0.15, 0.2) is 6.07 Å². The summed E-state index contributed by atoms with van der Waals surface area (Å²) in [5.74, 6) is 0.924. The lowest BCUT2D eigenvalue weighted by molar-refractivity contribution is 0.0915. The fraction of sp³-hybridized carbons (Fsp3) is 0.667. The molecule has 0 bridgehead atoms. The lowest BCUT2D eigenvalue weighted by atomic mass is 10.1. The van der Waals surface area contributed by atoms with Crippen molar-refractivity contribution in [1.29, 1.82) is 0 Å². The van der Waals surface area contributed by atoms with Crippen LogP contribution in [0.5, 0.6) is 0 Å². The van der Waals surface area contributed by atoms with Crippen molar-refractivity contribution in [3.05, 3.63) is 21.4 Å². The second kappa shape index (κ2) is 5.54. The molecule has 1 aromatic rings. The molecule has 2 rings (SSSR count). The third-order valence-electron chi connectivity index (χ3n) is 3.35. The Morgan fingerprint density at radius 3 is 2.56 bits per heavy atom. The quantitative estimate of drug-likeness (QED) is 0.731. The molecule has 0 atom stereocenters. The monoisotopic (exact) mass is 265 g/mol. The molecule has 1 saturated carbocycles. The summed E-state index contributed by atoms with van der Waals surface area (Å²) >= 11 is 1.72. The minimum absolute atomic E-state index is 0.296. The average molecular weight is 265 g/mol. The number of carbonyl (C=O) groups excluding carboxylic acids is 1. The van der Waals surface area contributed by atoms with Crippen molar-refractivity contribution in [1.82, 2.24) is 4.90 Å². The topological polar surface area (TPSA) is 20.3 Å². The average Bonchev–Trinajstić information content (AvgIpc) is 3.03. The predicted octanol–water partition coefficient (Wildman–Crippen LogP) is 3.67. The molecule has 100 valence electrons. The highest BCUT2D eigenvalue weighted by Crippen LogP contribution is 2.28. The molecule has 18 heavy (non-hydrogen) atoms. The zero-order valence-electron chi connectivity index (χ0n) is 11.8. The molecule has 3 heteroatoms. The summed E-state index contributed by atoms with van der Waals surface area (Å²) in [5, 5.41) is 0. The number of ketones is 1. The van der Waals surface area contributed by atoms with Crippen LogP contribution >= 0.6 is 11.3 Å². The van der Waals surface area contributed by atoms with Gasteiger partial charge in [0.25, 0.3) is 0 Å². The molecule has 1 aliphatic rings. The highest BCUT2D eigenvalue weighted by Gasteiger charge is 2.31. The van der Waals surface area contributed by atoms with Gasteiger partial charge in [0, 0.05) is 27.9 Å². The number of nitrogens with zero attached hydrogens (tertiary/aromatic N) is 1. The molecule has 1 aliphatic carbocycles.